The number of hydrogen-bond acceptors (Lipinski definition) is 4. The van der Waals surface area contributed by atoms with Gasteiger partial charge in [0.05, 0.1) is 5.56 Å². The van der Waals surface area contributed by atoms with E-state index in [0.717, 1.165) is 24.3 Å². The fourth-order valence-electron chi connectivity index (χ4n) is 1.56. The minimum absolute atomic E-state index is 0.278. The molecule has 2 N–H and O–H groups in total. The fraction of sp³-hybridized carbons (Fsp3) is 0.143. The van der Waals surface area contributed by atoms with E-state index in [1.165, 1.54) is 0 Å². The van der Waals surface area contributed by atoms with Crippen molar-refractivity contribution in [1.29, 1.82) is 5.26 Å². The molecule has 0 spiro atoms. The molecule has 0 atom stereocenters. The summed E-state index contributed by atoms with van der Waals surface area (Å²) < 4.78 is 0. The lowest BCUT2D eigenvalue weighted by Crippen LogP contribution is -2.06. The second kappa shape index (κ2) is 5.69. The fourth-order valence-corrected chi connectivity index (χ4v) is 1.56. The first-order valence-electron chi connectivity index (χ1n) is 5.66. The first-order chi connectivity index (χ1) is 8.78. The highest BCUT2D eigenvalue weighted by Gasteiger charge is 1.96. The van der Waals surface area contributed by atoms with Crippen LogP contribution in [0.1, 0.15) is 11.1 Å². The summed E-state index contributed by atoms with van der Waals surface area (Å²) >= 11 is 0. The number of aromatic nitrogens is 1. The number of anilines is 1. The number of nitrogens with one attached hydrogen (secondary N) is 1. The highest BCUT2D eigenvalue weighted by atomic mass is 16.3. The van der Waals surface area contributed by atoms with Crippen molar-refractivity contribution in [3.63, 3.8) is 0 Å². The van der Waals surface area contributed by atoms with Gasteiger partial charge in [-0.05, 0) is 36.2 Å². The molecule has 0 bridgehead atoms. The number of nitrogens with zero attached hydrogens (tertiary/aromatic N) is 2. The van der Waals surface area contributed by atoms with E-state index in [-0.39, 0.29) is 5.75 Å². The third-order valence-corrected chi connectivity index (χ3v) is 2.55. The van der Waals surface area contributed by atoms with Gasteiger partial charge in [-0.25, -0.2) is 4.98 Å². The van der Waals surface area contributed by atoms with E-state index in [0.29, 0.717) is 5.56 Å². The maximum Gasteiger partial charge on any atom is 0.125 e. The first kappa shape index (κ1) is 11.9. The Morgan fingerprint density at radius 3 is 2.56 bits per heavy atom. The molecule has 4 heteroatoms. The molecular formula is C14H13N3O. The van der Waals surface area contributed by atoms with Crippen LogP contribution in [0.25, 0.3) is 0 Å². The monoisotopic (exact) mass is 239 g/mol. The van der Waals surface area contributed by atoms with Crippen LogP contribution < -0.4 is 5.32 Å². The zero-order valence-corrected chi connectivity index (χ0v) is 9.80. The van der Waals surface area contributed by atoms with Crippen LogP contribution in [-0.2, 0) is 6.42 Å². The van der Waals surface area contributed by atoms with Crippen molar-refractivity contribution in [2.75, 3.05) is 11.9 Å². The molecule has 0 aliphatic rings. The molecule has 1 aromatic carbocycles. The summed E-state index contributed by atoms with van der Waals surface area (Å²) in [6, 6.07) is 12.7. The van der Waals surface area contributed by atoms with Crippen molar-refractivity contribution in [1.82, 2.24) is 4.98 Å². The van der Waals surface area contributed by atoms with Gasteiger partial charge in [0.25, 0.3) is 0 Å². The number of benzene rings is 1. The Morgan fingerprint density at radius 1 is 1.17 bits per heavy atom. The van der Waals surface area contributed by atoms with Crippen LogP contribution in [0.3, 0.4) is 0 Å². The molecule has 4 nitrogen and oxygen atoms in total. The maximum absolute atomic E-state index is 9.16. The Labute approximate surface area is 106 Å². The summed E-state index contributed by atoms with van der Waals surface area (Å²) in [4.78, 5) is 4.12. The summed E-state index contributed by atoms with van der Waals surface area (Å²) in [5.74, 6) is 1.04. The molecule has 0 amide bonds. The van der Waals surface area contributed by atoms with Crippen LogP contribution >= 0.6 is 0 Å². The second-order valence-electron chi connectivity index (χ2n) is 3.89. The second-order valence-corrected chi connectivity index (χ2v) is 3.89. The van der Waals surface area contributed by atoms with Gasteiger partial charge in [0.1, 0.15) is 17.6 Å². The molecule has 0 fully saturated rings. The van der Waals surface area contributed by atoms with E-state index in [2.05, 4.69) is 10.3 Å². The number of pyridine rings is 1. The molecule has 0 aliphatic heterocycles. The Kier molecular flexibility index (Phi) is 3.77. The molecule has 2 aromatic rings. The molecule has 0 saturated carbocycles. The van der Waals surface area contributed by atoms with E-state index in [9.17, 15) is 0 Å². The Morgan fingerprint density at radius 2 is 1.94 bits per heavy atom. The molecular weight excluding hydrogens is 226 g/mol. The number of phenols is 1. The average Bonchev–Trinajstić information content (AvgIpc) is 2.42. The number of phenolic OH excluding ortho intramolecular Hbond substituents is 1. The molecule has 2 rings (SSSR count). The number of aromatic hydroxyl groups is 1. The van der Waals surface area contributed by atoms with Gasteiger partial charge < -0.3 is 10.4 Å². The van der Waals surface area contributed by atoms with Gasteiger partial charge in [-0.3, -0.25) is 0 Å². The van der Waals surface area contributed by atoms with E-state index < -0.39 is 0 Å². The van der Waals surface area contributed by atoms with Gasteiger partial charge in [-0.1, -0.05) is 12.1 Å². The van der Waals surface area contributed by atoms with E-state index in [4.69, 9.17) is 10.4 Å². The molecule has 0 radical (unpaired) electrons. The molecule has 18 heavy (non-hydrogen) atoms. The van der Waals surface area contributed by atoms with E-state index >= 15 is 0 Å². The Hall–Kier alpha value is -2.54. The van der Waals surface area contributed by atoms with E-state index in [1.54, 1.807) is 30.5 Å². The van der Waals surface area contributed by atoms with Gasteiger partial charge in [0, 0.05) is 12.7 Å². The Balaban J connectivity index is 1.84. The third-order valence-electron chi connectivity index (χ3n) is 2.55. The van der Waals surface area contributed by atoms with Gasteiger partial charge in [0.15, 0.2) is 0 Å². The molecule has 1 heterocycles. The zero-order valence-electron chi connectivity index (χ0n) is 9.80. The summed E-state index contributed by atoms with van der Waals surface area (Å²) in [5, 5.41) is 21.0. The Bertz CT molecular complexity index is 541. The quantitative estimate of drug-likeness (QED) is 0.859. The molecule has 0 unspecified atom stereocenters. The number of rotatable bonds is 4. The highest BCUT2D eigenvalue weighted by Crippen LogP contribution is 2.10. The van der Waals surface area contributed by atoms with Crippen LogP contribution in [0.5, 0.6) is 5.75 Å². The van der Waals surface area contributed by atoms with Crippen LogP contribution in [-0.4, -0.2) is 16.6 Å². The first-order valence-corrected chi connectivity index (χ1v) is 5.66. The van der Waals surface area contributed by atoms with Crippen LogP contribution in [0.15, 0.2) is 42.6 Å². The van der Waals surface area contributed by atoms with Crippen molar-refractivity contribution in [2.24, 2.45) is 0 Å². The summed E-state index contributed by atoms with van der Waals surface area (Å²) in [6.07, 6.45) is 2.39. The predicted molar refractivity (Wildman–Crippen MR) is 69.3 cm³/mol. The van der Waals surface area contributed by atoms with Gasteiger partial charge in [-0.2, -0.15) is 5.26 Å². The maximum atomic E-state index is 9.16. The van der Waals surface area contributed by atoms with Crippen molar-refractivity contribution >= 4 is 5.82 Å². The normalized spacial score (nSPS) is 9.72. The SMILES string of the molecule is N#Cc1ccc(NCCc2ccc(O)cc2)nc1. The van der Waals surface area contributed by atoms with Crippen LogP contribution in [0, 0.1) is 11.3 Å². The summed E-state index contributed by atoms with van der Waals surface area (Å²) in [6.45, 7) is 0.754. The minimum atomic E-state index is 0.278. The molecule has 1 aromatic heterocycles. The average molecular weight is 239 g/mol. The summed E-state index contributed by atoms with van der Waals surface area (Å²) in [7, 11) is 0. The van der Waals surface area contributed by atoms with Gasteiger partial charge in [0.2, 0.25) is 0 Å². The zero-order chi connectivity index (χ0) is 12.8. The molecule has 0 saturated heterocycles. The topological polar surface area (TPSA) is 68.9 Å². The van der Waals surface area contributed by atoms with Gasteiger partial charge >= 0.3 is 0 Å². The van der Waals surface area contributed by atoms with Crippen LogP contribution in [0.2, 0.25) is 0 Å². The predicted octanol–water partition coefficient (Wildman–Crippen LogP) is 2.31. The lowest BCUT2D eigenvalue weighted by molar-refractivity contribution is 0.475. The smallest absolute Gasteiger partial charge is 0.125 e. The molecule has 0 aliphatic carbocycles. The van der Waals surface area contributed by atoms with E-state index in [1.807, 2.05) is 18.2 Å². The third kappa shape index (κ3) is 3.22. The molecule has 90 valence electrons. The van der Waals surface area contributed by atoms with Crippen molar-refractivity contribution in [3.8, 4) is 11.8 Å². The lowest BCUT2D eigenvalue weighted by Gasteiger charge is -2.05. The van der Waals surface area contributed by atoms with Gasteiger partial charge in [-0.15, -0.1) is 0 Å². The van der Waals surface area contributed by atoms with Crippen molar-refractivity contribution < 1.29 is 5.11 Å². The largest absolute Gasteiger partial charge is 0.508 e. The summed E-state index contributed by atoms with van der Waals surface area (Å²) in [5.41, 5.74) is 1.70. The highest BCUT2D eigenvalue weighted by molar-refractivity contribution is 5.39. The number of hydrogen-bond donors (Lipinski definition) is 2. The lowest BCUT2D eigenvalue weighted by atomic mass is 10.1. The number of nitriles is 1. The van der Waals surface area contributed by atoms with Crippen LogP contribution in [0.4, 0.5) is 5.82 Å². The van der Waals surface area contributed by atoms with Crippen molar-refractivity contribution in [2.45, 2.75) is 6.42 Å². The minimum Gasteiger partial charge on any atom is -0.508 e. The van der Waals surface area contributed by atoms with Crippen molar-refractivity contribution in [3.05, 3.63) is 53.7 Å². The standard InChI is InChI=1S/C14H13N3O/c15-9-12-3-6-14(17-10-12)16-8-7-11-1-4-13(18)5-2-11/h1-6,10,18H,7-8H2,(H,16,17).